The molecule has 0 radical (unpaired) electrons. The summed E-state index contributed by atoms with van der Waals surface area (Å²) in [5.74, 6) is 5.15. The van der Waals surface area contributed by atoms with Crippen LogP contribution in [-0.4, -0.2) is 30.6 Å². The summed E-state index contributed by atoms with van der Waals surface area (Å²) in [6, 6.07) is 1.65. The second kappa shape index (κ2) is 7.62. The lowest BCUT2D eigenvalue weighted by atomic mass is 10.1. The van der Waals surface area contributed by atoms with E-state index in [2.05, 4.69) is 22.7 Å². The molecule has 0 aliphatic heterocycles. The van der Waals surface area contributed by atoms with E-state index in [1.54, 1.807) is 19.4 Å². The Balaban J connectivity index is 2.73. The molecule has 18 heavy (non-hydrogen) atoms. The first-order chi connectivity index (χ1) is 8.72. The number of nitrogens with two attached hydrogens (primary N) is 1. The highest BCUT2D eigenvalue weighted by atomic mass is 16.5. The van der Waals surface area contributed by atoms with Gasteiger partial charge in [0.2, 0.25) is 0 Å². The molecule has 0 aliphatic carbocycles. The van der Waals surface area contributed by atoms with E-state index in [9.17, 15) is 4.79 Å². The Hall–Kier alpha value is -1.66. The summed E-state index contributed by atoms with van der Waals surface area (Å²) in [6.07, 6.45) is 4.90. The normalized spacial score (nSPS) is 11.9. The van der Waals surface area contributed by atoms with Crippen molar-refractivity contribution < 1.29 is 9.53 Å². The Bertz CT molecular complexity index is 378. The molecule has 100 valence electrons. The number of carbonyl (C=O) groups is 1. The molecule has 0 bridgehead atoms. The Morgan fingerprint density at radius 1 is 1.61 bits per heavy atom. The lowest BCUT2D eigenvalue weighted by molar-refractivity contribution is 0.0892. The smallest absolute Gasteiger partial charge is 0.255 e. The predicted molar refractivity (Wildman–Crippen MR) is 70.1 cm³/mol. The standard InChI is InChI=1S/C12H20N4O2/c1-3-4-9(8-18-2)15-12(17)10-7-14-6-5-11(10)16-13/h5-7,9H,3-4,8,13H2,1-2H3,(H,14,16)(H,15,17). The molecule has 0 spiro atoms. The van der Waals surface area contributed by atoms with Crippen LogP contribution in [0.2, 0.25) is 0 Å². The Morgan fingerprint density at radius 2 is 2.39 bits per heavy atom. The van der Waals surface area contributed by atoms with Crippen molar-refractivity contribution in [2.24, 2.45) is 5.84 Å². The second-order valence-corrected chi connectivity index (χ2v) is 3.98. The zero-order valence-corrected chi connectivity index (χ0v) is 10.8. The van der Waals surface area contributed by atoms with Crippen LogP contribution >= 0.6 is 0 Å². The first-order valence-electron chi connectivity index (χ1n) is 5.93. The van der Waals surface area contributed by atoms with E-state index in [1.165, 1.54) is 6.20 Å². The fourth-order valence-electron chi connectivity index (χ4n) is 1.71. The summed E-state index contributed by atoms with van der Waals surface area (Å²) in [4.78, 5) is 16.0. The molecule has 0 aromatic carbocycles. The van der Waals surface area contributed by atoms with Gasteiger partial charge < -0.3 is 15.5 Å². The van der Waals surface area contributed by atoms with E-state index in [4.69, 9.17) is 10.6 Å². The van der Waals surface area contributed by atoms with Crippen molar-refractivity contribution in [1.29, 1.82) is 0 Å². The minimum absolute atomic E-state index is 0.00155. The number of methoxy groups -OCH3 is 1. The van der Waals surface area contributed by atoms with Crippen LogP contribution in [-0.2, 0) is 4.74 Å². The fraction of sp³-hybridized carbons (Fsp3) is 0.500. The lowest BCUT2D eigenvalue weighted by Gasteiger charge is -2.18. The highest BCUT2D eigenvalue weighted by Gasteiger charge is 2.15. The van der Waals surface area contributed by atoms with E-state index < -0.39 is 0 Å². The quantitative estimate of drug-likeness (QED) is 0.496. The van der Waals surface area contributed by atoms with Gasteiger partial charge in [-0.25, -0.2) is 0 Å². The molecule has 1 aromatic rings. The monoisotopic (exact) mass is 252 g/mol. The van der Waals surface area contributed by atoms with Crippen molar-refractivity contribution in [3.8, 4) is 0 Å². The van der Waals surface area contributed by atoms with E-state index >= 15 is 0 Å². The van der Waals surface area contributed by atoms with Crippen LogP contribution in [0, 0.1) is 0 Å². The molecule has 1 amide bonds. The molecular formula is C12H20N4O2. The topological polar surface area (TPSA) is 89.3 Å². The number of rotatable bonds is 7. The molecule has 1 atom stereocenters. The number of nitrogen functional groups attached to an aromatic ring is 1. The largest absolute Gasteiger partial charge is 0.383 e. The van der Waals surface area contributed by atoms with Gasteiger partial charge in [0.1, 0.15) is 0 Å². The molecule has 6 nitrogen and oxygen atoms in total. The lowest BCUT2D eigenvalue weighted by Crippen LogP contribution is -2.38. The number of carbonyl (C=O) groups excluding carboxylic acids is 1. The van der Waals surface area contributed by atoms with Crippen molar-refractivity contribution in [3.05, 3.63) is 24.0 Å². The number of nitrogens with one attached hydrogen (secondary N) is 2. The van der Waals surface area contributed by atoms with Crippen molar-refractivity contribution >= 4 is 11.6 Å². The van der Waals surface area contributed by atoms with Gasteiger partial charge in [-0.3, -0.25) is 15.6 Å². The maximum atomic E-state index is 12.1. The third-order valence-corrected chi connectivity index (χ3v) is 2.56. The summed E-state index contributed by atoms with van der Waals surface area (Å²) in [5.41, 5.74) is 3.46. The van der Waals surface area contributed by atoms with Gasteiger partial charge >= 0.3 is 0 Å². The summed E-state index contributed by atoms with van der Waals surface area (Å²) in [6.45, 7) is 2.55. The summed E-state index contributed by atoms with van der Waals surface area (Å²) in [5, 5.41) is 2.91. The van der Waals surface area contributed by atoms with Gasteiger partial charge in [-0.2, -0.15) is 0 Å². The maximum absolute atomic E-state index is 12.1. The zero-order valence-electron chi connectivity index (χ0n) is 10.8. The van der Waals surface area contributed by atoms with Gasteiger partial charge in [0.25, 0.3) is 5.91 Å². The van der Waals surface area contributed by atoms with Crippen molar-refractivity contribution in [1.82, 2.24) is 10.3 Å². The van der Waals surface area contributed by atoms with Gasteiger partial charge in [-0.05, 0) is 12.5 Å². The average molecular weight is 252 g/mol. The minimum Gasteiger partial charge on any atom is -0.383 e. The van der Waals surface area contributed by atoms with Crippen LogP contribution in [0.1, 0.15) is 30.1 Å². The van der Waals surface area contributed by atoms with E-state index in [0.717, 1.165) is 12.8 Å². The number of ether oxygens (including phenoxy) is 1. The zero-order chi connectivity index (χ0) is 13.4. The second-order valence-electron chi connectivity index (χ2n) is 3.98. The molecule has 1 aromatic heterocycles. The number of anilines is 1. The van der Waals surface area contributed by atoms with Crippen molar-refractivity contribution in [2.75, 3.05) is 19.1 Å². The number of hydrogen-bond acceptors (Lipinski definition) is 5. The summed E-state index contributed by atoms with van der Waals surface area (Å²) < 4.78 is 5.08. The molecule has 6 heteroatoms. The van der Waals surface area contributed by atoms with Crippen LogP contribution in [0.3, 0.4) is 0 Å². The molecule has 0 fully saturated rings. The molecule has 4 N–H and O–H groups in total. The van der Waals surface area contributed by atoms with Crippen LogP contribution in [0.4, 0.5) is 5.69 Å². The minimum atomic E-state index is -0.202. The van der Waals surface area contributed by atoms with Gasteiger partial charge in [0.15, 0.2) is 0 Å². The van der Waals surface area contributed by atoms with Gasteiger partial charge in [-0.1, -0.05) is 13.3 Å². The van der Waals surface area contributed by atoms with Gasteiger partial charge in [0, 0.05) is 19.5 Å². The van der Waals surface area contributed by atoms with E-state index in [-0.39, 0.29) is 11.9 Å². The maximum Gasteiger partial charge on any atom is 0.255 e. The SMILES string of the molecule is CCCC(COC)NC(=O)c1cnccc1NN. The number of amides is 1. The van der Waals surface area contributed by atoms with E-state index in [1.807, 2.05) is 0 Å². The number of hydrazine groups is 1. The Kier molecular flexibility index (Phi) is 6.10. The first-order valence-corrected chi connectivity index (χ1v) is 5.93. The van der Waals surface area contributed by atoms with Gasteiger partial charge in [-0.15, -0.1) is 0 Å². The molecule has 0 saturated heterocycles. The highest BCUT2D eigenvalue weighted by molar-refractivity contribution is 5.99. The molecule has 1 unspecified atom stereocenters. The Labute approximate surface area is 107 Å². The first kappa shape index (κ1) is 14.4. The van der Waals surface area contributed by atoms with Crippen LogP contribution in [0.15, 0.2) is 18.5 Å². The van der Waals surface area contributed by atoms with E-state index in [0.29, 0.717) is 17.9 Å². The van der Waals surface area contributed by atoms with Crippen molar-refractivity contribution in [2.45, 2.75) is 25.8 Å². The molecule has 1 rings (SSSR count). The third-order valence-electron chi connectivity index (χ3n) is 2.56. The van der Waals surface area contributed by atoms with Crippen LogP contribution < -0.4 is 16.6 Å². The average Bonchev–Trinajstić information content (AvgIpc) is 2.39. The predicted octanol–water partition coefficient (Wildman–Crippen LogP) is 0.912. The number of nitrogens with zero attached hydrogens (tertiary/aromatic N) is 1. The fourth-order valence-corrected chi connectivity index (χ4v) is 1.71. The summed E-state index contributed by atoms with van der Waals surface area (Å²) in [7, 11) is 1.62. The molecule has 0 aliphatic rings. The number of aromatic nitrogens is 1. The highest BCUT2D eigenvalue weighted by Crippen LogP contribution is 2.12. The summed E-state index contributed by atoms with van der Waals surface area (Å²) >= 11 is 0. The van der Waals surface area contributed by atoms with Gasteiger partial charge in [0.05, 0.1) is 23.9 Å². The molecule has 0 saturated carbocycles. The Morgan fingerprint density at radius 3 is 3.00 bits per heavy atom. The number of pyridine rings is 1. The molecular weight excluding hydrogens is 232 g/mol. The number of hydrogen-bond donors (Lipinski definition) is 3. The van der Waals surface area contributed by atoms with Crippen LogP contribution in [0.5, 0.6) is 0 Å². The van der Waals surface area contributed by atoms with Crippen LogP contribution in [0.25, 0.3) is 0 Å². The third kappa shape index (κ3) is 3.97. The molecule has 1 heterocycles. The van der Waals surface area contributed by atoms with Crippen molar-refractivity contribution in [3.63, 3.8) is 0 Å².